The van der Waals surface area contributed by atoms with Gasteiger partial charge in [0.05, 0.1) is 29.3 Å². The lowest BCUT2D eigenvalue weighted by atomic mass is 9.95. The predicted molar refractivity (Wildman–Crippen MR) is 122 cm³/mol. The van der Waals surface area contributed by atoms with Gasteiger partial charge in [0.1, 0.15) is 0 Å². The quantitative estimate of drug-likeness (QED) is 0.468. The molecule has 0 unspecified atom stereocenters. The van der Waals surface area contributed by atoms with Gasteiger partial charge in [-0.05, 0) is 36.6 Å². The number of carbonyl (C=O) groups is 1. The van der Waals surface area contributed by atoms with Gasteiger partial charge >= 0.3 is 0 Å². The highest BCUT2D eigenvalue weighted by molar-refractivity contribution is 7.99. The fourth-order valence-electron chi connectivity index (χ4n) is 3.97. The monoisotopic (exact) mass is 432 g/mol. The summed E-state index contributed by atoms with van der Waals surface area (Å²) < 4.78 is 1.60. The molecule has 1 heterocycles. The predicted octanol–water partition coefficient (Wildman–Crippen LogP) is 4.12. The summed E-state index contributed by atoms with van der Waals surface area (Å²) in [6.45, 7) is 0.375. The molecular formula is C24H24N4O2S. The number of fused-ring (bicyclic) bond motifs is 1. The number of aromatic nitrogens is 2. The van der Waals surface area contributed by atoms with Crippen molar-refractivity contribution in [3.63, 3.8) is 0 Å². The molecule has 1 fully saturated rings. The average molecular weight is 433 g/mol. The number of nitrogens with one attached hydrogen (secondary N) is 1. The largest absolute Gasteiger partial charge is 0.349 e. The van der Waals surface area contributed by atoms with E-state index in [-0.39, 0.29) is 23.3 Å². The van der Waals surface area contributed by atoms with Crippen molar-refractivity contribution in [2.45, 2.75) is 49.8 Å². The first-order chi connectivity index (χ1) is 15.2. The minimum absolute atomic E-state index is 0.129. The Hall–Kier alpha value is -3.11. The van der Waals surface area contributed by atoms with Crippen LogP contribution in [-0.2, 0) is 6.54 Å². The van der Waals surface area contributed by atoms with Crippen molar-refractivity contribution in [3.05, 3.63) is 70.0 Å². The summed E-state index contributed by atoms with van der Waals surface area (Å²) in [6, 6.07) is 17.0. The van der Waals surface area contributed by atoms with Crippen LogP contribution in [0.3, 0.4) is 0 Å². The molecule has 0 aliphatic heterocycles. The molecular weight excluding hydrogens is 408 g/mol. The Kier molecular flexibility index (Phi) is 6.68. The molecule has 6 nitrogen and oxygen atoms in total. The zero-order valence-electron chi connectivity index (χ0n) is 17.2. The number of nitrogens with zero attached hydrogens (tertiary/aromatic N) is 3. The number of benzene rings is 2. The number of rotatable bonds is 6. The van der Waals surface area contributed by atoms with E-state index >= 15 is 0 Å². The Balaban J connectivity index is 1.68. The molecule has 1 N–H and O–H groups in total. The van der Waals surface area contributed by atoms with Gasteiger partial charge in [-0.1, -0.05) is 61.4 Å². The van der Waals surface area contributed by atoms with E-state index in [0.717, 1.165) is 31.2 Å². The Morgan fingerprint density at radius 1 is 1.16 bits per heavy atom. The first-order valence-corrected chi connectivity index (χ1v) is 11.5. The molecule has 3 aromatic rings. The molecule has 0 atom stereocenters. The highest BCUT2D eigenvalue weighted by atomic mass is 32.2. The van der Waals surface area contributed by atoms with E-state index in [1.165, 1.54) is 18.2 Å². The summed E-state index contributed by atoms with van der Waals surface area (Å²) in [4.78, 5) is 30.6. The van der Waals surface area contributed by atoms with E-state index < -0.39 is 0 Å². The molecule has 1 aliphatic rings. The fraction of sp³-hybridized carbons (Fsp3) is 0.333. The molecule has 158 valence electrons. The van der Waals surface area contributed by atoms with Gasteiger partial charge in [0.25, 0.3) is 11.5 Å². The lowest BCUT2D eigenvalue weighted by Crippen LogP contribution is -2.36. The molecule has 7 heteroatoms. The van der Waals surface area contributed by atoms with E-state index in [4.69, 9.17) is 5.26 Å². The third-order valence-corrected chi connectivity index (χ3v) is 6.42. The summed E-state index contributed by atoms with van der Waals surface area (Å²) in [6.07, 6.45) is 5.54. The topological polar surface area (TPSA) is 87.8 Å². The van der Waals surface area contributed by atoms with Crippen LogP contribution in [0.25, 0.3) is 10.9 Å². The number of hydrogen-bond donors (Lipinski definition) is 1. The van der Waals surface area contributed by atoms with Crippen molar-refractivity contribution in [1.82, 2.24) is 14.9 Å². The lowest BCUT2D eigenvalue weighted by molar-refractivity contribution is 0.0928. The van der Waals surface area contributed by atoms with Gasteiger partial charge in [0.2, 0.25) is 0 Å². The molecule has 0 radical (unpaired) electrons. The first-order valence-electron chi connectivity index (χ1n) is 10.5. The number of hydrogen-bond acceptors (Lipinski definition) is 5. The standard InChI is InChI=1S/C24H24N4O2S/c25-13-14-31-24-27-21-15-18(22(29)26-19-9-5-2-6-10-19)11-12-20(21)23(30)28(24)16-17-7-3-1-4-8-17/h1,3-4,7-8,11-12,15,19H,2,5-6,9-10,14,16H2,(H,26,29). The third kappa shape index (κ3) is 4.97. The van der Waals surface area contributed by atoms with Crippen molar-refractivity contribution >= 4 is 28.6 Å². The minimum atomic E-state index is -0.173. The van der Waals surface area contributed by atoms with Crippen molar-refractivity contribution in [2.24, 2.45) is 0 Å². The normalized spacial score (nSPS) is 14.3. The van der Waals surface area contributed by atoms with E-state index in [2.05, 4.69) is 16.4 Å². The lowest BCUT2D eigenvalue weighted by Gasteiger charge is -2.22. The number of thioether (sulfide) groups is 1. The number of nitriles is 1. The Labute approximate surface area is 185 Å². The van der Waals surface area contributed by atoms with Gasteiger partial charge in [-0.25, -0.2) is 4.98 Å². The zero-order valence-corrected chi connectivity index (χ0v) is 18.0. The second-order valence-corrected chi connectivity index (χ2v) is 8.70. The molecule has 0 bridgehead atoms. The molecule has 0 spiro atoms. The Bertz CT molecular complexity index is 1180. The summed E-state index contributed by atoms with van der Waals surface area (Å²) in [7, 11) is 0. The minimum Gasteiger partial charge on any atom is -0.349 e. The first kappa shape index (κ1) is 21.1. The van der Waals surface area contributed by atoms with E-state index in [1.54, 1.807) is 22.8 Å². The molecule has 1 aromatic heterocycles. The average Bonchev–Trinajstić information content (AvgIpc) is 2.81. The molecule has 4 rings (SSSR count). The molecule has 1 saturated carbocycles. The van der Waals surface area contributed by atoms with Crippen molar-refractivity contribution in [2.75, 3.05) is 5.75 Å². The van der Waals surface area contributed by atoms with E-state index in [9.17, 15) is 9.59 Å². The summed E-state index contributed by atoms with van der Waals surface area (Å²) in [5.41, 5.74) is 1.79. The van der Waals surface area contributed by atoms with Crippen molar-refractivity contribution < 1.29 is 4.79 Å². The van der Waals surface area contributed by atoms with Crippen LogP contribution in [0.5, 0.6) is 0 Å². The smallest absolute Gasteiger partial charge is 0.262 e. The van der Waals surface area contributed by atoms with Crippen LogP contribution in [0.4, 0.5) is 0 Å². The van der Waals surface area contributed by atoms with Crippen molar-refractivity contribution in [1.29, 1.82) is 5.26 Å². The van der Waals surface area contributed by atoms with Gasteiger partial charge in [-0.15, -0.1) is 0 Å². The number of carbonyl (C=O) groups excluding carboxylic acids is 1. The summed E-state index contributed by atoms with van der Waals surface area (Å²) in [5.74, 6) is 0.0597. The van der Waals surface area contributed by atoms with Gasteiger partial charge in [-0.3, -0.25) is 14.2 Å². The highest BCUT2D eigenvalue weighted by Gasteiger charge is 2.18. The summed E-state index contributed by atoms with van der Waals surface area (Å²) >= 11 is 1.23. The third-order valence-electron chi connectivity index (χ3n) is 5.57. The SMILES string of the molecule is N#CCSc1nc2cc(C(=O)NC3CCCCC3)ccc2c(=O)n1Cc1ccccc1. The highest BCUT2D eigenvalue weighted by Crippen LogP contribution is 2.21. The van der Waals surface area contributed by atoms with E-state index in [0.29, 0.717) is 28.2 Å². The zero-order chi connectivity index (χ0) is 21.6. The van der Waals surface area contributed by atoms with Crippen LogP contribution in [0.1, 0.15) is 48.0 Å². The second kappa shape index (κ2) is 9.80. The molecule has 2 aromatic carbocycles. The second-order valence-electron chi connectivity index (χ2n) is 7.76. The Morgan fingerprint density at radius 3 is 2.68 bits per heavy atom. The van der Waals surface area contributed by atoms with Gasteiger partial charge in [-0.2, -0.15) is 5.26 Å². The molecule has 1 aliphatic carbocycles. The maximum Gasteiger partial charge on any atom is 0.262 e. The molecule has 1 amide bonds. The Morgan fingerprint density at radius 2 is 1.94 bits per heavy atom. The van der Waals surface area contributed by atoms with Crippen LogP contribution < -0.4 is 10.9 Å². The number of amides is 1. The summed E-state index contributed by atoms with van der Waals surface area (Å²) in [5, 5.41) is 13.1. The fourth-order valence-corrected chi connectivity index (χ4v) is 4.63. The maximum atomic E-state index is 13.2. The van der Waals surface area contributed by atoms with Gasteiger partial charge in [0, 0.05) is 11.6 Å². The van der Waals surface area contributed by atoms with Crippen LogP contribution in [-0.4, -0.2) is 27.3 Å². The molecule has 0 saturated heterocycles. The van der Waals surface area contributed by atoms with Gasteiger partial charge < -0.3 is 5.32 Å². The van der Waals surface area contributed by atoms with Crippen LogP contribution in [0.2, 0.25) is 0 Å². The maximum absolute atomic E-state index is 13.2. The van der Waals surface area contributed by atoms with Crippen molar-refractivity contribution in [3.8, 4) is 6.07 Å². The van der Waals surface area contributed by atoms with E-state index in [1.807, 2.05) is 30.3 Å². The van der Waals surface area contributed by atoms with Crippen LogP contribution in [0.15, 0.2) is 58.5 Å². The van der Waals surface area contributed by atoms with Crippen LogP contribution >= 0.6 is 11.8 Å². The van der Waals surface area contributed by atoms with Crippen LogP contribution in [0, 0.1) is 11.3 Å². The van der Waals surface area contributed by atoms with Gasteiger partial charge in [0.15, 0.2) is 5.16 Å². The molecule has 31 heavy (non-hydrogen) atoms.